The maximum Gasteiger partial charge on any atom is 0.218 e. The van der Waals surface area contributed by atoms with Crippen molar-refractivity contribution < 1.29 is 4.74 Å². The second kappa shape index (κ2) is 5.86. The molecule has 1 aromatic heterocycles. The highest BCUT2D eigenvalue weighted by Crippen LogP contribution is 2.12. The fourth-order valence-corrected chi connectivity index (χ4v) is 1.09. The van der Waals surface area contributed by atoms with Crippen LogP contribution < -0.4 is 10.1 Å². The zero-order valence-corrected chi connectivity index (χ0v) is 9.03. The van der Waals surface area contributed by atoms with Crippen molar-refractivity contribution in [3.63, 3.8) is 0 Å². The van der Waals surface area contributed by atoms with E-state index in [1.165, 1.54) is 6.33 Å². The predicted molar refractivity (Wildman–Crippen MR) is 59.7 cm³/mol. The van der Waals surface area contributed by atoms with Gasteiger partial charge in [-0.3, -0.25) is 0 Å². The highest BCUT2D eigenvalue weighted by atomic mass is 16.5. The van der Waals surface area contributed by atoms with E-state index in [4.69, 9.17) is 11.2 Å². The summed E-state index contributed by atoms with van der Waals surface area (Å²) >= 11 is 0. The van der Waals surface area contributed by atoms with E-state index in [9.17, 15) is 0 Å². The number of hydrogen-bond donors (Lipinski definition) is 1. The lowest BCUT2D eigenvalue weighted by molar-refractivity contribution is 0.326. The Balaban J connectivity index is 2.69. The maximum atomic E-state index is 5.34. The molecule has 0 amide bonds. The molecule has 0 saturated heterocycles. The fourth-order valence-electron chi connectivity index (χ4n) is 1.09. The summed E-state index contributed by atoms with van der Waals surface area (Å²) in [5.74, 6) is 3.89. The predicted octanol–water partition coefficient (Wildman–Crippen LogP) is 1.70. The number of terminal acetylenes is 1. The highest BCUT2D eigenvalue weighted by Gasteiger charge is 2.03. The lowest BCUT2D eigenvalue weighted by atomic mass is 10.2. The minimum Gasteiger partial charge on any atom is -0.478 e. The first-order valence-corrected chi connectivity index (χ1v) is 4.97. The van der Waals surface area contributed by atoms with E-state index in [0.29, 0.717) is 18.3 Å². The molecule has 0 aliphatic heterocycles. The van der Waals surface area contributed by atoms with Gasteiger partial charge in [-0.25, -0.2) is 9.97 Å². The summed E-state index contributed by atoms with van der Waals surface area (Å²) in [6.45, 7) is 4.51. The number of nitrogens with zero attached hydrogens (tertiary/aromatic N) is 2. The number of rotatable bonds is 5. The first-order valence-electron chi connectivity index (χ1n) is 4.97. The smallest absolute Gasteiger partial charge is 0.218 e. The average Bonchev–Trinajstić information content (AvgIpc) is 2.27. The molecule has 1 rings (SSSR count). The van der Waals surface area contributed by atoms with Gasteiger partial charge in [0.2, 0.25) is 5.88 Å². The van der Waals surface area contributed by atoms with E-state index in [0.717, 1.165) is 6.42 Å². The Morgan fingerprint density at radius 2 is 2.33 bits per heavy atom. The lowest BCUT2D eigenvalue weighted by Crippen LogP contribution is -2.16. The van der Waals surface area contributed by atoms with Gasteiger partial charge in [0.25, 0.3) is 0 Å². The molecule has 0 aromatic carbocycles. The van der Waals surface area contributed by atoms with Crippen molar-refractivity contribution in [3.8, 4) is 18.2 Å². The Hall–Kier alpha value is -1.76. The Morgan fingerprint density at radius 1 is 1.53 bits per heavy atom. The molecule has 1 heterocycles. The average molecular weight is 205 g/mol. The molecule has 15 heavy (non-hydrogen) atoms. The van der Waals surface area contributed by atoms with Crippen molar-refractivity contribution in [2.45, 2.75) is 26.3 Å². The van der Waals surface area contributed by atoms with Gasteiger partial charge < -0.3 is 10.1 Å². The van der Waals surface area contributed by atoms with Gasteiger partial charge in [0.15, 0.2) is 0 Å². The van der Waals surface area contributed by atoms with Crippen LogP contribution >= 0.6 is 0 Å². The van der Waals surface area contributed by atoms with Gasteiger partial charge >= 0.3 is 0 Å². The Labute approximate surface area is 90.1 Å². The quantitative estimate of drug-likeness (QED) is 0.743. The maximum absolute atomic E-state index is 5.34. The second-order valence-corrected chi connectivity index (χ2v) is 2.95. The van der Waals surface area contributed by atoms with Crippen molar-refractivity contribution in [3.05, 3.63) is 12.4 Å². The molecule has 0 saturated carbocycles. The molecule has 0 bridgehead atoms. The summed E-state index contributed by atoms with van der Waals surface area (Å²) in [4.78, 5) is 8.02. The monoisotopic (exact) mass is 205 g/mol. The summed E-state index contributed by atoms with van der Waals surface area (Å²) < 4.78 is 5.25. The van der Waals surface area contributed by atoms with E-state index in [-0.39, 0.29) is 6.04 Å². The molecule has 1 aromatic rings. The van der Waals surface area contributed by atoms with Crippen LogP contribution in [0.5, 0.6) is 5.88 Å². The first-order chi connectivity index (χ1) is 7.30. The van der Waals surface area contributed by atoms with Crippen LogP contribution in [0, 0.1) is 12.3 Å². The zero-order valence-electron chi connectivity index (χ0n) is 9.03. The third-order valence-corrected chi connectivity index (χ3v) is 1.87. The van der Waals surface area contributed by atoms with Gasteiger partial charge in [-0.2, -0.15) is 0 Å². The van der Waals surface area contributed by atoms with Gasteiger partial charge in [0, 0.05) is 6.07 Å². The number of anilines is 1. The van der Waals surface area contributed by atoms with Gasteiger partial charge in [-0.15, -0.1) is 6.42 Å². The topological polar surface area (TPSA) is 47.0 Å². The lowest BCUT2D eigenvalue weighted by Gasteiger charge is -2.11. The molecule has 0 aliphatic rings. The highest BCUT2D eigenvalue weighted by molar-refractivity contribution is 5.40. The van der Waals surface area contributed by atoms with Crippen molar-refractivity contribution in [1.29, 1.82) is 0 Å². The first kappa shape index (κ1) is 11.3. The van der Waals surface area contributed by atoms with E-state index < -0.39 is 0 Å². The normalized spacial score (nSPS) is 11.5. The van der Waals surface area contributed by atoms with Crippen molar-refractivity contribution in [1.82, 2.24) is 9.97 Å². The molecule has 1 N–H and O–H groups in total. The molecule has 0 radical (unpaired) electrons. The number of hydrogen-bond acceptors (Lipinski definition) is 4. The van der Waals surface area contributed by atoms with Crippen molar-refractivity contribution in [2.24, 2.45) is 0 Å². The summed E-state index contributed by atoms with van der Waals surface area (Å²) in [6, 6.07) is 1.73. The molecule has 0 aliphatic carbocycles. The van der Waals surface area contributed by atoms with Crippen LogP contribution in [0.15, 0.2) is 12.4 Å². The van der Waals surface area contributed by atoms with Gasteiger partial charge in [0.1, 0.15) is 12.1 Å². The second-order valence-electron chi connectivity index (χ2n) is 2.95. The SMILES string of the molecule is C#CC(CC)Nc1cc(OCC)ncn1. The number of ether oxygens (including phenoxy) is 1. The molecule has 80 valence electrons. The van der Waals surface area contributed by atoms with Gasteiger partial charge in [-0.1, -0.05) is 12.8 Å². The van der Waals surface area contributed by atoms with E-state index in [1.54, 1.807) is 6.07 Å². The summed E-state index contributed by atoms with van der Waals surface area (Å²) in [5.41, 5.74) is 0. The van der Waals surface area contributed by atoms with Crippen LogP contribution in [-0.2, 0) is 0 Å². The summed E-state index contributed by atoms with van der Waals surface area (Å²) in [7, 11) is 0. The largest absolute Gasteiger partial charge is 0.478 e. The molecule has 1 unspecified atom stereocenters. The Kier molecular flexibility index (Phi) is 4.42. The van der Waals surface area contributed by atoms with E-state index >= 15 is 0 Å². The number of aromatic nitrogens is 2. The van der Waals surface area contributed by atoms with Crippen molar-refractivity contribution in [2.75, 3.05) is 11.9 Å². The van der Waals surface area contributed by atoms with Crippen LogP contribution in [0.1, 0.15) is 20.3 Å². The van der Waals surface area contributed by atoms with Gasteiger partial charge in [0.05, 0.1) is 12.6 Å². The summed E-state index contributed by atoms with van der Waals surface area (Å²) in [5, 5.41) is 3.11. The van der Waals surface area contributed by atoms with E-state index in [2.05, 4.69) is 21.2 Å². The molecule has 1 atom stereocenters. The van der Waals surface area contributed by atoms with Gasteiger partial charge in [-0.05, 0) is 13.3 Å². The standard InChI is InChI=1S/C11H15N3O/c1-4-9(5-2)14-10-7-11(15-6-3)13-8-12-10/h1,7-9H,5-6H2,2-3H3,(H,12,13,14). The minimum atomic E-state index is -0.00521. The Morgan fingerprint density at radius 3 is 2.93 bits per heavy atom. The zero-order chi connectivity index (χ0) is 11.1. The fraction of sp³-hybridized carbons (Fsp3) is 0.455. The summed E-state index contributed by atoms with van der Waals surface area (Å²) in [6.07, 6.45) is 7.65. The van der Waals surface area contributed by atoms with Crippen LogP contribution in [0.25, 0.3) is 0 Å². The molecule has 4 nitrogen and oxygen atoms in total. The van der Waals surface area contributed by atoms with Crippen LogP contribution in [0.2, 0.25) is 0 Å². The number of nitrogens with one attached hydrogen (secondary N) is 1. The molecule has 4 heteroatoms. The van der Waals surface area contributed by atoms with E-state index in [1.807, 2.05) is 13.8 Å². The molecular formula is C11H15N3O. The minimum absolute atomic E-state index is 0.00521. The Bertz CT molecular complexity index is 346. The van der Waals surface area contributed by atoms with Crippen LogP contribution in [0.3, 0.4) is 0 Å². The molecule has 0 fully saturated rings. The van der Waals surface area contributed by atoms with Crippen LogP contribution in [-0.4, -0.2) is 22.6 Å². The molecular weight excluding hydrogens is 190 g/mol. The molecule has 0 spiro atoms. The van der Waals surface area contributed by atoms with Crippen molar-refractivity contribution >= 4 is 5.82 Å². The third-order valence-electron chi connectivity index (χ3n) is 1.87. The third kappa shape index (κ3) is 3.47. The van der Waals surface area contributed by atoms with Crippen LogP contribution in [0.4, 0.5) is 5.82 Å².